The molecule has 1 rings (SSSR count). The van der Waals surface area contributed by atoms with Crippen LogP contribution in [-0.2, 0) is 0 Å². The van der Waals surface area contributed by atoms with E-state index in [0.717, 1.165) is 22.6 Å². The van der Waals surface area contributed by atoms with Gasteiger partial charge in [-0.1, -0.05) is 0 Å². The third kappa shape index (κ3) is 3.26. The highest BCUT2D eigenvalue weighted by molar-refractivity contribution is 14.1. The highest BCUT2D eigenvalue weighted by Gasteiger charge is 2.03. The third-order valence-corrected chi connectivity index (χ3v) is 4.86. The van der Waals surface area contributed by atoms with Crippen molar-refractivity contribution >= 4 is 86.5 Å². The fourth-order valence-corrected chi connectivity index (χ4v) is 2.99. The predicted molar refractivity (Wildman–Crippen MR) is 77.2 cm³/mol. The highest BCUT2D eigenvalue weighted by atomic mass is 127. The van der Waals surface area contributed by atoms with Gasteiger partial charge in [-0.2, -0.15) is 0 Å². The molecule has 0 atom stereocenters. The number of benzene rings is 1. The molecule has 0 aliphatic heterocycles. The molecule has 1 aromatic carbocycles. The lowest BCUT2D eigenvalue weighted by Gasteiger charge is -1.99. The van der Waals surface area contributed by atoms with E-state index in [1.54, 1.807) is 0 Å². The standard InChI is InChI=1S/C7H3I3O.ClH/c8-5-1-4(3-11)7(10)6(9)2-5;/h1-3H;1H. The predicted octanol–water partition coefficient (Wildman–Crippen LogP) is 3.73. The van der Waals surface area contributed by atoms with E-state index in [-0.39, 0.29) is 12.4 Å². The molecular weight excluding hydrogens is 516 g/mol. The van der Waals surface area contributed by atoms with Crippen LogP contribution in [0.4, 0.5) is 0 Å². The molecule has 0 aliphatic rings. The summed E-state index contributed by atoms with van der Waals surface area (Å²) in [5, 5.41) is 0. The fraction of sp³-hybridized carbons (Fsp3) is 0. The van der Waals surface area contributed by atoms with Crippen molar-refractivity contribution < 1.29 is 4.79 Å². The van der Waals surface area contributed by atoms with Gasteiger partial charge in [0.05, 0.1) is 0 Å². The summed E-state index contributed by atoms with van der Waals surface area (Å²) in [4.78, 5) is 10.5. The monoisotopic (exact) mass is 520 g/mol. The lowest BCUT2D eigenvalue weighted by atomic mass is 10.2. The van der Waals surface area contributed by atoms with Crippen molar-refractivity contribution in [2.24, 2.45) is 0 Å². The first-order valence-corrected chi connectivity index (χ1v) is 5.98. The molecule has 0 unspecified atom stereocenters. The highest BCUT2D eigenvalue weighted by Crippen LogP contribution is 2.21. The van der Waals surface area contributed by atoms with Gasteiger partial charge in [0.15, 0.2) is 6.29 Å². The molecule has 0 N–H and O–H groups in total. The van der Waals surface area contributed by atoms with Crippen LogP contribution in [0.2, 0.25) is 0 Å². The van der Waals surface area contributed by atoms with Crippen LogP contribution in [0, 0.1) is 10.7 Å². The van der Waals surface area contributed by atoms with Gasteiger partial charge in [-0.05, 0) is 79.9 Å². The van der Waals surface area contributed by atoms with Gasteiger partial charge in [-0.25, -0.2) is 0 Å². The van der Waals surface area contributed by atoms with Crippen molar-refractivity contribution in [1.29, 1.82) is 0 Å². The summed E-state index contributed by atoms with van der Waals surface area (Å²) in [7, 11) is 0. The number of aldehydes is 1. The minimum Gasteiger partial charge on any atom is -0.298 e. The van der Waals surface area contributed by atoms with Crippen molar-refractivity contribution in [3.63, 3.8) is 0 Å². The maximum Gasteiger partial charge on any atom is 0.151 e. The quantitative estimate of drug-likeness (QED) is 0.314. The second kappa shape index (κ2) is 5.97. The zero-order valence-corrected chi connectivity index (χ0v) is 13.0. The molecule has 0 heterocycles. The summed E-state index contributed by atoms with van der Waals surface area (Å²) in [6.07, 6.45) is 0.895. The van der Waals surface area contributed by atoms with Crippen LogP contribution >= 0.6 is 80.2 Å². The van der Waals surface area contributed by atoms with E-state index in [4.69, 9.17) is 0 Å². The van der Waals surface area contributed by atoms with Crippen molar-refractivity contribution in [2.75, 3.05) is 0 Å². The van der Waals surface area contributed by atoms with E-state index in [0.29, 0.717) is 0 Å². The Kier molecular flexibility index (Phi) is 6.65. The van der Waals surface area contributed by atoms with Gasteiger partial charge in [-0.15, -0.1) is 12.4 Å². The number of hydrogen-bond donors (Lipinski definition) is 0. The lowest BCUT2D eigenvalue weighted by Crippen LogP contribution is -1.90. The molecule has 0 spiro atoms. The normalized spacial score (nSPS) is 8.92. The number of carbonyl (C=O) groups is 1. The summed E-state index contributed by atoms with van der Waals surface area (Å²) in [5.41, 5.74) is 0.780. The van der Waals surface area contributed by atoms with E-state index in [9.17, 15) is 4.79 Å². The maximum absolute atomic E-state index is 10.5. The Hall–Kier alpha value is 1.37. The van der Waals surface area contributed by atoms with Gasteiger partial charge in [0.1, 0.15) is 0 Å². The molecule has 0 saturated heterocycles. The summed E-state index contributed by atoms with van der Waals surface area (Å²) in [6, 6.07) is 3.94. The minimum absolute atomic E-state index is 0. The fourth-order valence-electron chi connectivity index (χ4n) is 0.662. The third-order valence-electron chi connectivity index (χ3n) is 1.15. The number of rotatable bonds is 1. The molecule has 5 heteroatoms. The molecule has 0 bridgehead atoms. The van der Waals surface area contributed by atoms with Crippen molar-refractivity contribution in [2.45, 2.75) is 0 Å². The van der Waals surface area contributed by atoms with E-state index in [1.165, 1.54) is 0 Å². The van der Waals surface area contributed by atoms with Crippen molar-refractivity contribution in [3.05, 3.63) is 28.4 Å². The first kappa shape index (κ1) is 13.4. The second-order valence-corrected chi connectivity index (χ2v) is 5.40. The summed E-state index contributed by atoms with van der Waals surface area (Å²) in [6.45, 7) is 0. The van der Waals surface area contributed by atoms with Gasteiger partial charge < -0.3 is 0 Å². The molecule has 12 heavy (non-hydrogen) atoms. The van der Waals surface area contributed by atoms with Gasteiger partial charge in [0.2, 0.25) is 0 Å². The van der Waals surface area contributed by atoms with Crippen LogP contribution in [0.25, 0.3) is 0 Å². The summed E-state index contributed by atoms with van der Waals surface area (Å²) in [5.74, 6) is 0. The number of carbonyl (C=O) groups excluding carboxylic acids is 1. The largest absolute Gasteiger partial charge is 0.298 e. The molecule has 0 amide bonds. The Balaban J connectivity index is 0.00000121. The van der Waals surface area contributed by atoms with Crippen LogP contribution in [0.15, 0.2) is 12.1 Å². The molecule has 0 radical (unpaired) electrons. The lowest BCUT2D eigenvalue weighted by molar-refractivity contribution is 0.112. The zero-order valence-electron chi connectivity index (χ0n) is 5.68. The topological polar surface area (TPSA) is 17.1 Å². The van der Waals surface area contributed by atoms with Crippen LogP contribution < -0.4 is 0 Å². The molecule has 0 aromatic heterocycles. The van der Waals surface area contributed by atoms with E-state index >= 15 is 0 Å². The van der Waals surface area contributed by atoms with Gasteiger partial charge in [0.25, 0.3) is 0 Å². The molecule has 0 fully saturated rings. The van der Waals surface area contributed by atoms with E-state index in [1.807, 2.05) is 6.07 Å². The van der Waals surface area contributed by atoms with Crippen LogP contribution in [-0.4, -0.2) is 6.29 Å². The average molecular weight is 520 g/mol. The Morgan fingerprint density at radius 1 is 1.17 bits per heavy atom. The second-order valence-electron chi connectivity index (χ2n) is 1.91. The SMILES string of the molecule is Cl.O=Cc1cc(I)cc(I)c1I. The Morgan fingerprint density at radius 3 is 2.25 bits per heavy atom. The van der Waals surface area contributed by atoms with E-state index in [2.05, 4.69) is 73.8 Å². The number of hydrogen-bond acceptors (Lipinski definition) is 1. The van der Waals surface area contributed by atoms with Gasteiger partial charge in [-0.3, -0.25) is 4.79 Å². The zero-order chi connectivity index (χ0) is 8.43. The van der Waals surface area contributed by atoms with Crippen LogP contribution in [0.5, 0.6) is 0 Å². The minimum atomic E-state index is 0. The van der Waals surface area contributed by atoms with Crippen molar-refractivity contribution in [3.8, 4) is 0 Å². The van der Waals surface area contributed by atoms with Gasteiger partial charge in [0, 0.05) is 16.3 Å². The Morgan fingerprint density at radius 2 is 1.75 bits per heavy atom. The summed E-state index contributed by atoms with van der Waals surface area (Å²) >= 11 is 6.61. The van der Waals surface area contributed by atoms with E-state index < -0.39 is 0 Å². The first-order chi connectivity index (χ1) is 5.15. The molecule has 1 aromatic rings. The number of halogens is 4. The smallest absolute Gasteiger partial charge is 0.151 e. The molecule has 0 aliphatic carbocycles. The maximum atomic E-state index is 10.5. The molecule has 1 nitrogen and oxygen atoms in total. The van der Waals surface area contributed by atoms with Crippen LogP contribution in [0.1, 0.15) is 10.4 Å². The molecular formula is C7H4ClI3O. The Labute approximate surface area is 118 Å². The summed E-state index contributed by atoms with van der Waals surface area (Å²) < 4.78 is 3.28. The van der Waals surface area contributed by atoms with Crippen LogP contribution in [0.3, 0.4) is 0 Å². The van der Waals surface area contributed by atoms with Crippen molar-refractivity contribution in [1.82, 2.24) is 0 Å². The molecule has 0 saturated carbocycles. The molecule has 66 valence electrons. The average Bonchev–Trinajstić information content (AvgIpc) is 1.96. The Bertz CT molecular complexity index is 301. The first-order valence-electron chi connectivity index (χ1n) is 2.75. The van der Waals surface area contributed by atoms with Gasteiger partial charge >= 0.3 is 0 Å².